The second-order valence-corrected chi connectivity index (χ2v) is 4.33. The molecule has 1 atom stereocenters. The molecule has 2 heterocycles. The Hall–Kier alpha value is -1.88. The number of furan rings is 1. The zero-order chi connectivity index (χ0) is 13.0. The number of aryl methyl sites for hydroxylation is 1. The van der Waals surface area contributed by atoms with Gasteiger partial charge in [-0.3, -0.25) is 0 Å². The highest BCUT2D eigenvalue weighted by atomic mass is 16.3. The summed E-state index contributed by atoms with van der Waals surface area (Å²) in [5.41, 5.74) is 6.37. The van der Waals surface area contributed by atoms with E-state index in [0.717, 1.165) is 23.5 Å². The number of nitrogens with zero attached hydrogens (tertiary/aromatic N) is 2. The van der Waals surface area contributed by atoms with Gasteiger partial charge in [0.1, 0.15) is 11.5 Å². The number of nitrogens with one attached hydrogen (secondary N) is 1. The standard InChI is InChI=1S/C13H18N4O/c1-9(5-6-14)17-13-15-7-11(8-16-13)12-4-3-10(2)18-12/h3-4,7-9H,5-6,14H2,1-2H3,(H,15,16,17). The van der Waals surface area contributed by atoms with E-state index in [9.17, 15) is 0 Å². The molecule has 3 N–H and O–H groups in total. The fourth-order valence-electron chi connectivity index (χ4n) is 1.66. The Balaban J connectivity index is 2.06. The Kier molecular flexibility index (Phi) is 3.94. The zero-order valence-electron chi connectivity index (χ0n) is 10.7. The van der Waals surface area contributed by atoms with Crippen LogP contribution in [0.5, 0.6) is 0 Å². The zero-order valence-corrected chi connectivity index (χ0v) is 10.7. The van der Waals surface area contributed by atoms with Crippen LogP contribution in [-0.4, -0.2) is 22.6 Å². The SMILES string of the molecule is Cc1ccc(-c2cnc(NC(C)CCN)nc2)o1. The molecule has 0 spiro atoms. The first-order valence-corrected chi connectivity index (χ1v) is 6.04. The first-order chi connectivity index (χ1) is 8.69. The lowest BCUT2D eigenvalue weighted by Gasteiger charge is -2.12. The summed E-state index contributed by atoms with van der Waals surface area (Å²) >= 11 is 0. The Morgan fingerprint density at radius 3 is 2.61 bits per heavy atom. The number of aromatic nitrogens is 2. The second-order valence-electron chi connectivity index (χ2n) is 4.33. The molecule has 0 saturated carbocycles. The molecule has 2 aromatic heterocycles. The minimum atomic E-state index is 0.270. The van der Waals surface area contributed by atoms with Crippen LogP contribution < -0.4 is 11.1 Å². The maximum Gasteiger partial charge on any atom is 0.222 e. The largest absolute Gasteiger partial charge is 0.461 e. The molecule has 0 saturated heterocycles. The van der Waals surface area contributed by atoms with Crippen LogP contribution in [0.15, 0.2) is 28.9 Å². The average molecular weight is 246 g/mol. The van der Waals surface area contributed by atoms with Crippen LogP contribution in [0.4, 0.5) is 5.95 Å². The summed E-state index contributed by atoms with van der Waals surface area (Å²) in [6.07, 6.45) is 4.40. The first-order valence-electron chi connectivity index (χ1n) is 6.04. The van der Waals surface area contributed by atoms with Gasteiger partial charge in [0.2, 0.25) is 5.95 Å². The lowest BCUT2D eigenvalue weighted by Crippen LogP contribution is -2.20. The van der Waals surface area contributed by atoms with Gasteiger partial charge in [0.25, 0.3) is 0 Å². The van der Waals surface area contributed by atoms with E-state index in [1.54, 1.807) is 12.4 Å². The fraction of sp³-hybridized carbons (Fsp3) is 0.385. The molecule has 5 heteroatoms. The van der Waals surface area contributed by atoms with E-state index in [4.69, 9.17) is 10.2 Å². The van der Waals surface area contributed by atoms with E-state index in [0.29, 0.717) is 12.5 Å². The Morgan fingerprint density at radius 1 is 1.33 bits per heavy atom. The average Bonchev–Trinajstić information content (AvgIpc) is 2.77. The van der Waals surface area contributed by atoms with Crippen LogP contribution in [0.1, 0.15) is 19.1 Å². The summed E-state index contributed by atoms with van der Waals surface area (Å²) in [6.45, 7) is 4.62. The maximum atomic E-state index is 5.51. The fourth-order valence-corrected chi connectivity index (χ4v) is 1.66. The highest BCUT2D eigenvalue weighted by Crippen LogP contribution is 2.20. The molecule has 18 heavy (non-hydrogen) atoms. The quantitative estimate of drug-likeness (QED) is 0.845. The van der Waals surface area contributed by atoms with Gasteiger partial charge in [-0.1, -0.05) is 0 Å². The Labute approximate surface area is 106 Å². The predicted molar refractivity (Wildman–Crippen MR) is 71.2 cm³/mol. The van der Waals surface area contributed by atoms with Gasteiger partial charge < -0.3 is 15.5 Å². The Bertz CT molecular complexity index is 492. The van der Waals surface area contributed by atoms with E-state index < -0.39 is 0 Å². The van der Waals surface area contributed by atoms with Crippen molar-refractivity contribution in [3.8, 4) is 11.3 Å². The van der Waals surface area contributed by atoms with Crippen LogP contribution in [-0.2, 0) is 0 Å². The highest BCUT2D eigenvalue weighted by Gasteiger charge is 2.06. The van der Waals surface area contributed by atoms with Gasteiger partial charge in [-0.05, 0) is 38.9 Å². The molecule has 0 aliphatic heterocycles. The number of hydrogen-bond acceptors (Lipinski definition) is 5. The van der Waals surface area contributed by atoms with Crippen LogP contribution in [0.2, 0.25) is 0 Å². The van der Waals surface area contributed by atoms with Crippen LogP contribution in [0.3, 0.4) is 0 Å². The number of hydrogen-bond donors (Lipinski definition) is 2. The number of rotatable bonds is 5. The van der Waals surface area contributed by atoms with Crippen molar-refractivity contribution in [2.45, 2.75) is 26.3 Å². The molecule has 0 aromatic carbocycles. The van der Waals surface area contributed by atoms with Gasteiger partial charge in [-0.2, -0.15) is 0 Å². The van der Waals surface area contributed by atoms with E-state index in [1.165, 1.54) is 0 Å². The van der Waals surface area contributed by atoms with Gasteiger partial charge in [-0.25, -0.2) is 9.97 Å². The molecule has 0 fully saturated rings. The van der Waals surface area contributed by atoms with Crippen molar-refractivity contribution < 1.29 is 4.42 Å². The van der Waals surface area contributed by atoms with E-state index >= 15 is 0 Å². The molecule has 0 aliphatic rings. The maximum absolute atomic E-state index is 5.51. The topological polar surface area (TPSA) is 77.0 Å². The molecule has 1 unspecified atom stereocenters. The van der Waals surface area contributed by atoms with E-state index in [2.05, 4.69) is 22.2 Å². The second kappa shape index (κ2) is 5.64. The summed E-state index contributed by atoms with van der Waals surface area (Å²) in [7, 11) is 0. The molecule has 0 bridgehead atoms. The predicted octanol–water partition coefficient (Wildman–Crippen LogP) is 2.19. The van der Waals surface area contributed by atoms with Crippen molar-refractivity contribution >= 4 is 5.95 Å². The lowest BCUT2D eigenvalue weighted by molar-refractivity contribution is 0.548. The van der Waals surface area contributed by atoms with E-state index in [-0.39, 0.29) is 6.04 Å². The normalized spacial score (nSPS) is 12.4. The summed E-state index contributed by atoms with van der Waals surface area (Å²) in [5, 5.41) is 3.19. The number of nitrogens with two attached hydrogens (primary N) is 1. The lowest BCUT2D eigenvalue weighted by atomic mass is 10.2. The summed E-state index contributed by atoms with van der Waals surface area (Å²) in [6, 6.07) is 4.11. The van der Waals surface area contributed by atoms with Gasteiger partial charge >= 0.3 is 0 Å². The molecule has 96 valence electrons. The first kappa shape index (κ1) is 12.6. The monoisotopic (exact) mass is 246 g/mol. The summed E-state index contributed by atoms with van der Waals surface area (Å²) in [5.74, 6) is 2.28. The minimum Gasteiger partial charge on any atom is -0.461 e. The molecule has 0 amide bonds. The molecule has 0 aliphatic carbocycles. The number of anilines is 1. The van der Waals surface area contributed by atoms with Gasteiger partial charge in [0, 0.05) is 18.4 Å². The van der Waals surface area contributed by atoms with Crippen LogP contribution in [0, 0.1) is 6.92 Å². The Morgan fingerprint density at radius 2 is 2.06 bits per heavy atom. The van der Waals surface area contributed by atoms with Crippen molar-refractivity contribution in [1.82, 2.24) is 9.97 Å². The highest BCUT2D eigenvalue weighted by molar-refractivity contribution is 5.55. The summed E-state index contributed by atoms with van der Waals surface area (Å²) < 4.78 is 5.51. The summed E-state index contributed by atoms with van der Waals surface area (Å²) in [4.78, 5) is 8.53. The molecule has 2 rings (SSSR count). The van der Waals surface area contributed by atoms with Gasteiger partial charge in [0.05, 0.1) is 5.56 Å². The third kappa shape index (κ3) is 3.07. The van der Waals surface area contributed by atoms with E-state index in [1.807, 2.05) is 19.1 Å². The van der Waals surface area contributed by atoms with Crippen LogP contribution in [0.25, 0.3) is 11.3 Å². The van der Waals surface area contributed by atoms with Gasteiger partial charge in [0.15, 0.2) is 0 Å². The smallest absolute Gasteiger partial charge is 0.222 e. The van der Waals surface area contributed by atoms with Crippen molar-refractivity contribution in [2.24, 2.45) is 5.73 Å². The molecule has 0 radical (unpaired) electrons. The van der Waals surface area contributed by atoms with Crippen molar-refractivity contribution in [3.05, 3.63) is 30.3 Å². The van der Waals surface area contributed by atoms with Crippen molar-refractivity contribution in [3.63, 3.8) is 0 Å². The molecule has 5 nitrogen and oxygen atoms in total. The van der Waals surface area contributed by atoms with Crippen molar-refractivity contribution in [2.75, 3.05) is 11.9 Å². The van der Waals surface area contributed by atoms with Crippen molar-refractivity contribution in [1.29, 1.82) is 0 Å². The third-order valence-corrected chi connectivity index (χ3v) is 2.65. The molecular weight excluding hydrogens is 228 g/mol. The molecular formula is C13H18N4O. The minimum absolute atomic E-state index is 0.270. The third-order valence-electron chi connectivity index (χ3n) is 2.65. The van der Waals surface area contributed by atoms with Gasteiger partial charge in [-0.15, -0.1) is 0 Å². The van der Waals surface area contributed by atoms with Crippen LogP contribution >= 0.6 is 0 Å². The molecule has 2 aromatic rings.